The molecular formula is C15H14ClN5O3. The maximum Gasteiger partial charge on any atom is 0.322 e. The molecular weight excluding hydrogens is 334 g/mol. The number of carbonyl (C=O) groups is 3. The zero-order chi connectivity index (χ0) is 16.8. The van der Waals surface area contributed by atoms with Gasteiger partial charge in [-0.2, -0.15) is 0 Å². The van der Waals surface area contributed by atoms with Crippen molar-refractivity contribution in [3.05, 3.63) is 29.0 Å². The summed E-state index contributed by atoms with van der Waals surface area (Å²) in [4.78, 5) is 42.3. The lowest BCUT2D eigenvalue weighted by atomic mass is 9.75. The molecule has 2 aromatic rings. The summed E-state index contributed by atoms with van der Waals surface area (Å²) in [6, 6.07) is 0.638. The van der Waals surface area contributed by atoms with E-state index < -0.39 is 12.1 Å². The number of aromatic amines is 1. The van der Waals surface area contributed by atoms with Gasteiger partial charge in [0.05, 0.1) is 16.0 Å². The molecule has 1 aliphatic heterocycles. The van der Waals surface area contributed by atoms with Crippen molar-refractivity contribution in [2.24, 2.45) is 5.92 Å². The molecule has 0 radical (unpaired) electrons. The maximum absolute atomic E-state index is 12.5. The standard InChI is InChI=1S/C15H14ClN5O3/c16-9-1-2-17-12-10(9)8(5-18-12)13(22)19-7-3-6(4-7)11-14(23)21-15(24)20-11/h1-2,5-7,11H,3-4H2,(H,17,18)(H,19,22)(H2,20,21,23,24). The predicted molar refractivity (Wildman–Crippen MR) is 85.5 cm³/mol. The van der Waals surface area contributed by atoms with Gasteiger partial charge in [0.25, 0.3) is 11.8 Å². The summed E-state index contributed by atoms with van der Waals surface area (Å²) in [5, 5.41) is 8.80. The number of carbonyl (C=O) groups excluding carboxylic acids is 3. The molecule has 124 valence electrons. The summed E-state index contributed by atoms with van der Waals surface area (Å²) in [7, 11) is 0. The van der Waals surface area contributed by atoms with Crippen LogP contribution < -0.4 is 16.0 Å². The number of nitrogens with zero attached hydrogens (tertiary/aromatic N) is 1. The van der Waals surface area contributed by atoms with Crippen molar-refractivity contribution < 1.29 is 14.4 Å². The molecule has 1 saturated heterocycles. The molecule has 2 aliphatic rings. The van der Waals surface area contributed by atoms with E-state index >= 15 is 0 Å². The van der Waals surface area contributed by atoms with Crippen LogP contribution in [0.1, 0.15) is 23.2 Å². The molecule has 1 saturated carbocycles. The smallest absolute Gasteiger partial charge is 0.322 e. The van der Waals surface area contributed by atoms with E-state index in [2.05, 4.69) is 25.9 Å². The average molecular weight is 348 g/mol. The molecule has 24 heavy (non-hydrogen) atoms. The van der Waals surface area contributed by atoms with Crippen LogP contribution in [0.5, 0.6) is 0 Å². The van der Waals surface area contributed by atoms with Crippen molar-refractivity contribution in [3.63, 3.8) is 0 Å². The van der Waals surface area contributed by atoms with Crippen LogP contribution in [0.15, 0.2) is 18.5 Å². The number of amides is 4. The van der Waals surface area contributed by atoms with Crippen LogP contribution in [0.3, 0.4) is 0 Å². The molecule has 1 atom stereocenters. The van der Waals surface area contributed by atoms with E-state index in [1.54, 1.807) is 18.5 Å². The van der Waals surface area contributed by atoms with E-state index in [0.29, 0.717) is 34.5 Å². The van der Waals surface area contributed by atoms with Gasteiger partial charge in [0.2, 0.25) is 0 Å². The minimum Gasteiger partial charge on any atom is -0.349 e. The summed E-state index contributed by atoms with van der Waals surface area (Å²) in [6.45, 7) is 0. The molecule has 0 bridgehead atoms. The number of rotatable bonds is 3. The molecule has 2 fully saturated rings. The highest BCUT2D eigenvalue weighted by Crippen LogP contribution is 2.32. The van der Waals surface area contributed by atoms with E-state index in [0.717, 1.165) is 0 Å². The largest absolute Gasteiger partial charge is 0.349 e. The Labute approximate surface area is 141 Å². The first-order valence-electron chi connectivity index (χ1n) is 7.56. The highest BCUT2D eigenvalue weighted by atomic mass is 35.5. The van der Waals surface area contributed by atoms with Gasteiger partial charge in [-0.15, -0.1) is 0 Å². The first-order chi connectivity index (χ1) is 11.5. The average Bonchev–Trinajstić information content (AvgIpc) is 3.06. The predicted octanol–water partition coefficient (Wildman–Crippen LogP) is 0.933. The Morgan fingerprint density at radius 3 is 2.83 bits per heavy atom. The fraction of sp³-hybridized carbons (Fsp3) is 0.333. The van der Waals surface area contributed by atoms with Crippen molar-refractivity contribution in [2.75, 3.05) is 0 Å². The third kappa shape index (κ3) is 2.39. The highest BCUT2D eigenvalue weighted by molar-refractivity contribution is 6.36. The van der Waals surface area contributed by atoms with Gasteiger partial charge < -0.3 is 15.6 Å². The number of pyridine rings is 1. The van der Waals surface area contributed by atoms with Gasteiger partial charge in [0.1, 0.15) is 11.7 Å². The van der Waals surface area contributed by atoms with Crippen LogP contribution in [0.2, 0.25) is 5.02 Å². The SMILES string of the molecule is O=C1NC(=O)C(C2CC(NC(=O)c3c[nH]c4nccc(Cl)c34)C2)N1. The van der Waals surface area contributed by atoms with Crippen LogP contribution in [-0.2, 0) is 4.79 Å². The number of nitrogens with one attached hydrogen (secondary N) is 4. The number of aromatic nitrogens is 2. The van der Waals surface area contributed by atoms with Gasteiger partial charge in [-0.1, -0.05) is 11.6 Å². The second kappa shape index (κ2) is 5.48. The molecule has 0 aromatic carbocycles. The summed E-state index contributed by atoms with van der Waals surface area (Å²) >= 11 is 6.15. The Bertz CT molecular complexity index is 858. The Balaban J connectivity index is 1.41. The molecule has 4 N–H and O–H groups in total. The van der Waals surface area contributed by atoms with Crippen LogP contribution in [0.4, 0.5) is 4.79 Å². The Kier molecular flexibility index (Phi) is 3.42. The number of imide groups is 1. The van der Waals surface area contributed by atoms with Crippen molar-refractivity contribution in [1.29, 1.82) is 0 Å². The van der Waals surface area contributed by atoms with Crippen LogP contribution in [0, 0.1) is 5.92 Å². The summed E-state index contributed by atoms with van der Waals surface area (Å²) < 4.78 is 0. The molecule has 9 heteroatoms. The quantitative estimate of drug-likeness (QED) is 0.618. The lowest BCUT2D eigenvalue weighted by molar-refractivity contribution is -0.122. The van der Waals surface area contributed by atoms with E-state index in [-0.39, 0.29) is 23.8 Å². The number of halogens is 1. The molecule has 1 aliphatic carbocycles. The number of H-pyrrole nitrogens is 1. The summed E-state index contributed by atoms with van der Waals surface area (Å²) in [5.41, 5.74) is 1.00. The zero-order valence-corrected chi connectivity index (χ0v) is 13.2. The number of fused-ring (bicyclic) bond motifs is 1. The normalized spacial score (nSPS) is 26.0. The minimum atomic E-state index is -0.502. The minimum absolute atomic E-state index is 0.0341. The first-order valence-corrected chi connectivity index (χ1v) is 7.94. The lowest BCUT2D eigenvalue weighted by Gasteiger charge is -2.38. The fourth-order valence-corrected chi connectivity index (χ4v) is 3.52. The van der Waals surface area contributed by atoms with Gasteiger partial charge in [-0.3, -0.25) is 14.9 Å². The number of hydrogen-bond donors (Lipinski definition) is 4. The van der Waals surface area contributed by atoms with Gasteiger partial charge >= 0.3 is 6.03 Å². The highest BCUT2D eigenvalue weighted by Gasteiger charge is 2.43. The van der Waals surface area contributed by atoms with Crippen LogP contribution in [-0.4, -0.2) is 39.9 Å². The van der Waals surface area contributed by atoms with Crippen molar-refractivity contribution in [2.45, 2.75) is 24.9 Å². The zero-order valence-electron chi connectivity index (χ0n) is 12.4. The van der Waals surface area contributed by atoms with Gasteiger partial charge in [-0.05, 0) is 24.8 Å². The topological polar surface area (TPSA) is 116 Å². The molecule has 1 unspecified atom stereocenters. The second-order valence-corrected chi connectivity index (χ2v) is 6.47. The number of hydrogen-bond acceptors (Lipinski definition) is 4. The van der Waals surface area contributed by atoms with Gasteiger partial charge in [0, 0.05) is 18.4 Å². The van der Waals surface area contributed by atoms with E-state index in [1.165, 1.54) is 0 Å². The Hall–Kier alpha value is -2.61. The van der Waals surface area contributed by atoms with Crippen molar-refractivity contribution in [1.82, 2.24) is 25.9 Å². The summed E-state index contributed by atoms with van der Waals surface area (Å²) in [5.74, 6) is -0.501. The number of urea groups is 1. The van der Waals surface area contributed by atoms with E-state index in [4.69, 9.17) is 11.6 Å². The van der Waals surface area contributed by atoms with Crippen molar-refractivity contribution >= 4 is 40.5 Å². The molecule has 8 nitrogen and oxygen atoms in total. The lowest BCUT2D eigenvalue weighted by Crippen LogP contribution is -2.52. The maximum atomic E-state index is 12.5. The van der Waals surface area contributed by atoms with E-state index in [9.17, 15) is 14.4 Å². The summed E-state index contributed by atoms with van der Waals surface area (Å²) in [6.07, 6.45) is 4.43. The molecule has 0 spiro atoms. The fourth-order valence-electron chi connectivity index (χ4n) is 3.28. The third-order valence-electron chi connectivity index (χ3n) is 4.55. The third-order valence-corrected chi connectivity index (χ3v) is 4.87. The monoisotopic (exact) mass is 347 g/mol. The molecule has 4 rings (SSSR count). The van der Waals surface area contributed by atoms with Gasteiger partial charge in [0.15, 0.2) is 0 Å². The second-order valence-electron chi connectivity index (χ2n) is 6.06. The van der Waals surface area contributed by atoms with Gasteiger partial charge in [-0.25, -0.2) is 9.78 Å². The Morgan fingerprint density at radius 1 is 1.33 bits per heavy atom. The molecule has 3 heterocycles. The Morgan fingerprint density at radius 2 is 2.12 bits per heavy atom. The molecule has 2 aromatic heterocycles. The van der Waals surface area contributed by atoms with Crippen LogP contribution in [0.25, 0.3) is 11.0 Å². The first kappa shape index (κ1) is 14.9. The van der Waals surface area contributed by atoms with E-state index in [1.807, 2.05) is 0 Å². The molecule has 4 amide bonds. The van der Waals surface area contributed by atoms with Crippen molar-refractivity contribution in [3.8, 4) is 0 Å². The van der Waals surface area contributed by atoms with Crippen LogP contribution >= 0.6 is 11.6 Å².